The van der Waals surface area contributed by atoms with Gasteiger partial charge in [-0.1, -0.05) is 0 Å². The van der Waals surface area contributed by atoms with E-state index in [1.54, 1.807) is 12.4 Å². The molecule has 0 aliphatic carbocycles. The van der Waals surface area contributed by atoms with E-state index in [9.17, 15) is 0 Å². The van der Waals surface area contributed by atoms with Gasteiger partial charge < -0.3 is 10.6 Å². The molecule has 13 heavy (non-hydrogen) atoms. The van der Waals surface area contributed by atoms with Gasteiger partial charge in [0.2, 0.25) is 5.95 Å². The maximum absolute atomic E-state index is 4.05. The Morgan fingerprint density at radius 3 is 2.31 bits per heavy atom. The topological polar surface area (TPSA) is 49.8 Å². The van der Waals surface area contributed by atoms with Crippen molar-refractivity contribution in [3.63, 3.8) is 0 Å². The highest BCUT2D eigenvalue weighted by molar-refractivity contribution is 5.85. The van der Waals surface area contributed by atoms with Crippen LogP contribution in [0.4, 0.5) is 5.95 Å². The van der Waals surface area contributed by atoms with E-state index < -0.39 is 0 Å². The molecule has 1 fully saturated rings. The summed E-state index contributed by atoms with van der Waals surface area (Å²) in [4.78, 5) is 8.10. The first-order valence-corrected chi connectivity index (χ1v) is 3.69. The predicted molar refractivity (Wildman–Crippen MR) is 56.8 cm³/mol. The minimum atomic E-state index is 0. The van der Waals surface area contributed by atoms with Gasteiger partial charge in [0.05, 0.1) is 6.04 Å². The molecule has 2 rings (SSSR count). The van der Waals surface area contributed by atoms with E-state index in [-0.39, 0.29) is 24.8 Å². The van der Waals surface area contributed by atoms with Crippen molar-refractivity contribution in [2.75, 3.05) is 18.4 Å². The number of hydrogen-bond acceptors (Lipinski definition) is 4. The normalized spacial score (nSPS) is 14.8. The third-order valence-corrected chi connectivity index (χ3v) is 1.68. The summed E-state index contributed by atoms with van der Waals surface area (Å²) in [5.74, 6) is 0.721. The van der Waals surface area contributed by atoms with Crippen LogP contribution in [0.5, 0.6) is 0 Å². The molecule has 0 radical (unpaired) electrons. The van der Waals surface area contributed by atoms with Gasteiger partial charge in [0.15, 0.2) is 0 Å². The van der Waals surface area contributed by atoms with Crippen LogP contribution in [-0.4, -0.2) is 29.1 Å². The zero-order valence-electron chi connectivity index (χ0n) is 6.93. The lowest BCUT2D eigenvalue weighted by Crippen LogP contribution is -2.51. The maximum atomic E-state index is 4.05. The van der Waals surface area contributed by atoms with Crippen molar-refractivity contribution in [1.29, 1.82) is 0 Å². The Bertz CT molecular complexity index is 227. The fourth-order valence-corrected chi connectivity index (χ4v) is 0.947. The van der Waals surface area contributed by atoms with Crippen LogP contribution in [0.1, 0.15) is 0 Å². The minimum absolute atomic E-state index is 0. The van der Waals surface area contributed by atoms with Crippen LogP contribution >= 0.6 is 24.8 Å². The van der Waals surface area contributed by atoms with Gasteiger partial charge in [0, 0.05) is 25.5 Å². The van der Waals surface area contributed by atoms with Gasteiger partial charge in [-0.05, 0) is 6.07 Å². The average molecular weight is 223 g/mol. The van der Waals surface area contributed by atoms with Crippen LogP contribution < -0.4 is 10.6 Å². The van der Waals surface area contributed by atoms with Crippen LogP contribution in [0.2, 0.25) is 0 Å². The number of anilines is 1. The molecule has 0 saturated carbocycles. The van der Waals surface area contributed by atoms with Crippen molar-refractivity contribution in [1.82, 2.24) is 15.3 Å². The highest BCUT2D eigenvalue weighted by Crippen LogP contribution is 2.00. The SMILES string of the molecule is Cl.Cl.c1cnc(NC2CNC2)nc1. The van der Waals surface area contributed by atoms with Crippen molar-refractivity contribution < 1.29 is 0 Å². The van der Waals surface area contributed by atoms with Crippen molar-refractivity contribution in [2.24, 2.45) is 0 Å². The van der Waals surface area contributed by atoms with Gasteiger partial charge in [-0.25, -0.2) is 9.97 Å². The molecule has 2 heterocycles. The van der Waals surface area contributed by atoms with E-state index in [1.807, 2.05) is 6.07 Å². The minimum Gasteiger partial charge on any atom is -0.349 e. The van der Waals surface area contributed by atoms with Crippen LogP contribution in [0.3, 0.4) is 0 Å². The van der Waals surface area contributed by atoms with E-state index in [1.165, 1.54) is 0 Å². The van der Waals surface area contributed by atoms with Crippen molar-refractivity contribution in [2.45, 2.75) is 6.04 Å². The van der Waals surface area contributed by atoms with E-state index in [0.717, 1.165) is 19.0 Å². The monoisotopic (exact) mass is 222 g/mol. The van der Waals surface area contributed by atoms with E-state index >= 15 is 0 Å². The Morgan fingerprint density at radius 2 is 1.85 bits per heavy atom. The summed E-state index contributed by atoms with van der Waals surface area (Å²) in [7, 11) is 0. The molecular weight excluding hydrogens is 211 g/mol. The number of hydrogen-bond donors (Lipinski definition) is 2. The van der Waals surface area contributed by atoms with E-state index in [2.05, 4.69) is 20.6 Å². The number of halogens is 2. The standard InChI is InChI=1S/C7H10N4.2ClH/c1-2-9-7(10-3-1)11-6-4-8-5-6;;/h1-3,6,8H,4-5H2,(H,9,10,11);2*1H. The Morgan fingerprint density at radius 1 is 1.23 bits per heavy atom. The third-order valence-electron chi connectivity index (χ3n) is 1.68. The molecule has 0 atom stereocenters. The average Bonchev–Trinajstić information content (AvgIpc) is 1.99. The first kappa shape index (κ1) is 12.4. The van der Waals surface area contributed by atoms with Gasteiger partial charge in [-0.3, -0.25) is 0 Å². The molecule has 0 aromatic carbocycles. The molecule has 1 aromatic heterocycles. The molecule has 1 aliphatic heterocycles. The van der Waals surface area contributed by atoms with Gasteiger partial charge >= 0.3 is 0 Å². The zero-order valence-corrected chi connectivity index (χ0v) is 8.57. The van der Waals surface area contributed by atoms with Crippen molar-refractivity contribution in [3.05, 3.63) is 18.5 Å². The zero-order chi connectivity index (χ0) is 7.52. The lowest BCUT2D eigenvalue weighted by molar-refractivity contribution is 0.469. The molecule has 6 heteroatoms. The number of nitrogens with one attached hydrogen (secondary N) is 2. The summed E-state index contributed by atoms with van der Waals surface area (Å²) < 4.78 is 0. The van der Waals surface area contributed by atoms with Gasteiger partial charge in [-0.2, -0.15) is 0 Å². The highest BCUT2D eigenvalue weighted by atomic mass is 35.5. The first-order chi connectivity index (χ1) is 5.45. The van der Waals surface area contributed by atoms with Crippen molar-refractivity contribution in [3.8, 4) is 0 Å². The molecule has 1 saturated heterocycles. The van der Waals surface area contributed by atoms with Gasteiger partial charge in [0.25, 0.3) is 0 Å². The molecule has 0 spiro atoms. The molecule has 74 valence electrons. The Kier molecular flexibility index (Phi) is 5.70. The van der Waals surface area contributed by atoms with Crippen LogP contribution in [0, 0.1) is 0 Å². The molecule has 0 unspecified atom stereocenters. The maximum Gasteiger partial charge on any atom is 0.222 e. The largest absolute Gasteiger partial charge is 0.349 e. The predicted octanol–water partition coefficient (Wildman–Crippen LogP) is 0.704. The second kappa shape index (κ2) is 5.96. The van der Waals surface area contributed by atoms with Gasteiger partial charge in [-0.15, -0.1) is 24.8 Å². The number of aromatic nitrogens is 2. The summed E-state index contributed by atoms with van der Waals surface area (Å²) in [5, 5.41) is 6.36. The summed E-state index contributed by atoms with van der Waals surface area (Å²) in [6.07, 6.45) is 3.48. The van der Waals surface area contributed by atoms with Crippen molar-refractivity contribution >= 4 is 30.8 Å². The fraction of sp³-hybridized carbons (Fsp3) is 0.429. The second-order valence-corrected chi connectivity index (χ2v) is 2.57. The van der Waals surface area contributed by atoms with Gasteiger partial charge in [0.1, 0.15) is 0 Å². The lowest BCUT2D eigenvalue weighted by atomic mass is 10.2. The smallest absolute Gasteiger partial charge is 0.222 e. The van der Waals surface area contributed by atoms with E-state index in [0.29, 0.717) is 6.04 Å². The van der Waals surface area contributed by atoms with Crippen LogP contribution in [0.25, 0.3) is 0 Å². The molecule has 1 aliphatic rings. The quantitative estimate of drug-likeness (QED) is 0.775. The Balaban J connectivity index is 0.000000720. The molecular formula is C7H12Cl2N4. The number of nitrogens with zero attached hydrogens (tertiary/aromatic N) is 2. The summed E-state index contributed by atoms with van der Waals surface area (Å²) in [6.45, 7) is 2.02. The lowest BCUT2D eigenvalue weighted by Gasteiger charge is -2.27. The first-order valence-electron chi connectivity index (χ1n) is 3.69. The van der Waals surface area contributed by atoms with Crippen LogP contribution in [0.15, 0.2) is 18.5 Å². The molecule has 0 amide bonds. The number of rotatable bonds is 2. The summed E-state index contributed by atoms with van der Waals surface area (Å²) >= 11 is 0. The second-order valence-electron chi connectivity index (χ2n) is 2.57. The molecule has 2 N–H and O–H groups in total. The summed E-state index contributed by atoms with van der Waals surface area (Å²) in [5.41, 5.74) is 0. The fourth-order valence-electron chi connectivity index (χ4n) is 0.947. The molecule has 1 aromatic rings. The molecule has 4 nitrogen and oxygen atoms in total. The highest BCUT2D eigenvalue weighted by Gasteiger charge is 2.16. The van der Waals surface area contributed by atoms with Crippen LogP contribution in [-0.2, 0) is 0 Å². The summed E-state index contributed by atoms with van der Waals surface area (Å²) in [6, 6.07) is 2.32. The third kappa shape index (κ3) is 3.34. The van der Waals surface area contributed by atoms with E-state index in [4.69, 9.17) is 0 Å². The molecule has 0 bridgehead atoms. The Labute approximate surface area is 89.4 Å². The Hall–Kier alpha value is -0.580.